The third-order valence-electron chi connectivity index (χ3n) is 6.12. The van der Waals surface area contributed by atoms with Gasteiger partial charge in [0.15, 0.2) is 11.6 Å². The van der Waals surface area contributed by atoms with Crippen molar-refractivity contribution < 1.29 is 18.7 Å². The molecule has 1 N–H and O–H groups in total. The molecule has 1 aliphatic rings. The zero-order chi connectivity index (χ0) is 26.6. The quantitative estimate of drug-likeness (QED) is 0.381. The minimum absolute atomic E-state index is 0.0340. The molecule has 1 aromatic heterocycles. The van der Waals surface area contributed by atoms with Crippen LogP contribution in [0.1, 0.15) is 64.6 Å². The van der Waals surface area contributed by atoms with Crippen molar-refractivity contribution in [3.05, 3.63) is 71.7 Å². The average molecular weight is 509 g/mol. The largest absolute Gasteiger partial charge is 0.435 e. The highest BCUT2D eigenvalue weighted by Gasteiger charge is 2.30. The van der Waals surface area contributed by atoms with E-state index in [1.54, 1.807) is 27.8 Å². The van der Waals surface area contributed by atoms with Gasteiger partial charge in [-0.25, -0.2) is 13.9 Å². The van der Waals surface area contributed by atoms with Crippen molar-refractivity contribution in [2.45, 2.75) is 71.6 Å². The summed E-state index contributed by atoms with van der Waals surface area (Å²) in [5.74, 6) is 0.0575. The van der Waals surface area contributed by atoms with Crippen molar-refractivity contribution in [1.82, 2.24) is 20.0 Å². The number of para-hydroxylation sites is 2. The molecule has 4 rings (SSSR count). The summed E-state index contributed by atoms with van der Waals surface area (Å²) in [6.07, 6.45) is 1.84. The Morgan fingerprint density at radius 3 is 2.51 bits per heavy atom. The third-order valence-corrected chi connectivity index (χ3v) is 6.12. The van der Waals surface area contributed by atoms with E-state index in [4.69, 9.17) is 14.6 Å². The average Bonchev–Trinajstić information content (AvgIpc) is 3.48. The van der Waals surface area contributed by atoms with Crippen LogP contribution < -0.4 is 10.1 Å². The normalized spacial score (nSPS) is 15.7. The lowest BCUT2D eigenvalue weighted by Crippen LogP contribution is -2.50. The summed E-state index contributed by atoms with van der Waals surface area (Å²) in [5.41, 5.74) is 1.90. The Labute approximate surface area is 218 Å². The van der Waals surface area contributed by atoms with E-state index in [-0.39, 0.29) is 30.3 Å². The molecule has 37 heavy (non-hydrogen) atoms. The van der Waals surface area contributed by atoms with Gasteiger partial charge in [0.05, 0.1) is 29.6 Å². The summed E-state index contributed by atoms with van der Waals surface area (Å²) in [6, 6.07) is 15.7. The molecular formula is C29H37FN4O3. The van der Waals surface area contributed by atoms with Crippen LogP contribution in [0.3, 0.4) is 0 Å². The van der Waals surface area contributed by atoms with Gasteiger partial charge in [0.1, 0.15) is 0 Å². The number of urea groups is 1. The van der Waals surface area contributed by atoms with Gasteiger partial charge >= 0.3 is 6.03 Å². The fraction of sp³-hybridized carbons (Fsp3) is 0.448. The van der Waals surface area contributed by atoms with Gasteiger partial charge in [-0.2, -0.15) is 5.10 Å². The fourth-order valence-corrected chi connectivity index (χ4v) is 4.39. The predicted octanol–water partition coefficient (Wildman–Crippen LogP) is 6.42. The lowest BCUT2D eigenvalue weighted by Gasteiger charge is -2.30. The molecular weight excluding hydrogens is 471 g/mol. The van der Waals surface area contributed by atoms with Gasteiger partial charge in [-0.3, -0.25) is 0 Å². The van der Waals surface area contributed by atoms with Gasteiger partial charge in [0.2, 0.25) is 5.88 Å². The molecule has 0 spiro atoms. The van der Waals surface area contributed by atoms with Crippen LogP contribution in [0.2, 0.25) is 0 Å². The van der Waals surface area contributed by atoms with E-state index in [0.717, 1.165) is 29.8 Å². The van der Waals surface area contributed by atoms with Crippen molar-refractivity contribution in [2.24, 2.45) is 0 Å². The van der Waals surface area contributed by atoms with E-state index in [2.05, 4.69) is 5.32 Å². The van der Waals surface area contributed by atoms with Crippen molar-refractivity contribution in [2.75, 3.05) is 13.2 Å². The number of benzene rings is 2. The van der Waals surface area contributed by atoms with Gasteiger partial charge in [0.25, 0.3) is 0 Å². The van der Waals surface area contributed by atoms with Crippen LogP contribution in [-0.4, -0.2) is 45.5 Å². The molecule has 0 aliphatic carbocycles. The van der Waals surface area contributed by atoms with Crippen molar-refractivity contribution in [3.63, 3.8) is 0 Å². The molecule has 0 saturated carbocycles. The monoisotopic (exact) mass is 508 g/mol. The van der Waals surface area contributed by atoms with Gasteiger partial charge < -0.3 is 19.7 Å². The zero-order valence-corrected chi connectivity index (χ0v) is 22.3. The third kappa shape index (κ3) is 6.68. The maximum atomic E-state index is 14.7. The van der Waals surface area contributed by atoms with Crippen LogP contribution in [0.5, 0.6) is 11.6 Å². The summed E-state index contributed by atoms with van der Waals surface area (Å²) < 4.78 is 28.5. The van der Waals surface area contributed by atoms with E-state index >= 15 is 0 Å². The number of halogens is 1. The SMILES string of the molecule is CC(C)c1nn(-c2ccccc2)c(Oc2ccccc2F)c1CN(CC1CCCO1)C(=O)NC(C)(C)C. The number of carbonyl (C=O) groups excluding carboxylic acids is 1. The number of hydrogen-bond acceptors (Lipinski definition) is 4. The van der Waals surface area contributed by atoms with Crippen LogP contribution in [-0.2, 0) is 11.3 Å². The molecule has 1 atom stereocenters. The van der Waals surface area contributed by atoms with Crippen LogP contribution >= 0.6 is 0 Å². The van der Waals surface area contributed by atoms with E-state index in [1.807, 2.05) is 65.0 Å². The van der Waals surface area contributed by atoms with E-state index < -0.39 is 11.4 Å². The van der Waals surface area contributed by atoms with Crippen molar-refractivity contribution >= 4 is 6.03 Å². The lowest BCUT2D eigenvalue weighted by atomic mass is 10.0. The number of rotatable bonds is 8. The summed E-state index contributed by atoms with van der Waals surface area (Å²) in [5, 5.41) is 7.99. The van der Waals surface area contributed by atoms with Crippen molar-refractivity contribution in [3.8, 4) is 17.3 Å². The number of ether oxygens (including phenoxy) is 2. The summed E-state index contributed by atoms with van der Waals surface area (Å²) in [7, 11) is 0. The molecule has 0 radical (unpaired) electrons. The molecule has 1 saturated heterocycles. The van der Waals surface area contributed by atoms with E-state index in [0.29, 0.717) is 19.0 Å². The Morgan fingerprint density at radius 2 is 1.89 bits per heavy atom. The first kappa shape index (κ1) is 26.7. The predicted molar refractivity (Wildman–Crippen MR) is 142 cm³/mol. The number of hydrogen-bond donors (Lipinski definition) is 1. The number of carbonyl (C=O) groups is 1. The molecule has 1 fully saturated rings. The molecule has 8 heteroatoms. The second-order valence-corrected chi connectivity index (χ2v) is 10.8. The standard InChI is InChI=1S/C29H37FN4O3/c1-20(2)26-23(19-33(18-22-14-11-17-36-22)28(35)31-29(3,4)5)27(37-25-16-10-9-15-24(25)30)34(32-26)21-12-7-6-8-13-21/h6-10,12-13,15-16,20,22H,11,14,17-19H2,1-5H3,(H,31,35). The molecule has 198 valence electrons. The lowest BCUT2D eigenvalue weighted by molar-refractivity contribution is 0.0779. The van der Waals surface area contributed by atoms with Crippen molar-refractivity contribution in [1.29, 1.82) is 0 Å². The second kappa shape index (κ2) is 11.3. The molecule has 1 unspecified atom stereocenters. The molecule has 2 aromatic carbocycles. The minimum Gasteiger partial charge on any atom is -0.435 e. The van der Waals surface area contributed by atoms with Gasteiger partial charge in [-0.15, -0.1) is 0 Å². The summed E-state index contributed by atoms with van der Waals surface area (Å²) >= 11 is 0. The topological polar surface area (TPSA) is 68.6 Å². The molecule has 1 aliphatic heterocycles. The first-order chi connectivity index (χ1) is 17.6. The maximum absolute atomic E-state index is 14.7. The number of amides is 2. The highest BCUT2D eigenvalue weighted by atomic mass is 19.1. The Morgan fingerprint density at radius 1 is 1.19 bits per heavy atom. The first-order valence-corrected chi connectivity index (χ1v) is 12.9. The Hall–Kier alpha value is -3.39. The summed E-state index contributed by atoms with van der Waals surface area (Å²) in [6.45, 7) is 11.3. The summed E-state index contributed by atoms with van der Waals surface area (Å²) in [4.78, 5) is 15.2. The molecule has 2 heterocycles. The minimum atomic E-state index is -0.470. The van der Waals surface area contributed by atoms with Crippen LogP contribution in [0, 0.1) is 5.82 Å². The number of nitrogens with one attached hydrogen (secondary N) is 1. The molecule has 0 bridgehead atoms. The molecule has 3 aromatic rings. The van der Waals surface area contributed by atoms with E-state index in [9.17, 15) is 9.18 Å². The van der Waals surface area contributed by atoms with E-state index in [1.165, 1.54) is 6.07 Å². The van der Waals surface area contributed by atoms with Crippen LogP contribution in [0.25, 0.3) is 5.69 Å². The second-order valence-electron chi connectivity index (χ2n) is 10.8. The highest BCUT2D eigenvalue weighted by Crippen LogP contribution is 2.36. The Balaban J connectivity index is 1.80. The van der Waals surface area contributed by atoms with Gasteiger partial charge in [-0.05, 0) is 63.8 Å². The fourth-order valence-electron chi connectivity index (χ4n) is 4.39. The number of aromatic nitrogens is 2. The smallest absolute Gasteiger partial charge is 0.318 e. The van der Waals surface area contributed by atoms with Crippen LogP contribution in [0.4, 0.5) is 9.18 Å². The maximum Gasteiger partial charge on any atom is 0.318 e. The number of nitrogens with zero attached hydrogens (tertiary/aromatic N) is 3. The van der Waals surface area contributed by atoms with Gasteiger partial charge in [-0.1, -0.05) is 44.2 Å². The molecule has 2 amide bonds. The molecule has 7 nitrogen and oxygen atoms in total. The van der Waals surface area contributed by atoms with Crippen LogP contribution in [0.15, 0.2) is 54.6 Å². The zero-order valence-electron chi connectivity index (χ0n) is 22.3. The first-order valence-electron chi connectivity index (χ1n) is 12.9. The Kier molecular flexibility index (Phi) is 8.17. The highest BCUT2D eigenvalue weighted by molar-refractivity contribution is 5.75. The Bertz CT molecular complexity index is 1200. The van der Waals surface area contributed by atoms with Gasteiger partial charge in [0, 0.05) is 18.7 Å².